The molecule has 4 atom stereocenters. The van der Waals surface area contributed by atoms with Crippen LogP contribution >= 0.6 is 0 Å². The summed E-state index contributed by atoms with van der Waals surface area (Å²) in [6, 6.07) is 1.02. The van der Waals surface area contributed by atoms with E-state index in [9.17, 15) is 0 Å². The number of rotatable bonds is 2. The summed E-state index contributed by atoms with van der Waals surface area (Å²) in [5, 5.41) is 0. The molecule has 0 saturated carbocycles. The molecule has 2 rings (SSSR count). The maximum atomic E-state index is 8.12. The fourth-order valence-electron chi connectivity index (χ4n) is 2.11. The zero-order valence-electron chi connectivity index (χ0n) is 12.8. The molecule has 120 valence electrons. The first-order chi connectivity index (χ1) is 9.92. The molecule has 0 unspecified atom stereocenters. The highest BCUT2D eigenvalue weighted by atomic mass is 16.5. The Morgan fingerprint density at radius 3 is 1.29 bits per heavy atom. The molecule has 0 radical (unpaired) electrons. The van der Waals surface area contributed by atoms with Crippen LogP contribution in [0.25, 0.3) is 0 Å². The summed E-state index contributed by atoms with van der Waals surface area (Å²) in [6.45, 7) is 11.2. The van der Waals surface area contributed by atoms with Crippen LogP contribution < -0.4 is 0 Å². The monoisotopic (exact) mass is 302 g/mol. The van der Waals surface area contributed by atoms with Gasteiger partial charge in [-0.05, 0) is 27.7 Å². The van der Waals surface area contributed by atoms with Crippen molar-refractivity contribution in [2.24, 2.45) is 0 Å². The fraction of sp³-hybridized carbons (Fsp3) is 0.846. The lowest BCUT2D eigenvalue weighted by molar-refractivity contribution is -0.193. The summed E-state index contributed by atoms with van der Waals surface area (Å²) in [5.74, 6) is 0. The van der Waals surface area contributed by atoms with Gasteiger partial charge in [0.25, 0.3) is 0 Å². The van der Waals surface area contributed by atoms with Gasteiger partial charge < -0.3 is 9.47 Å². The lowest BCUT2D eigenvalue weighted by Crippen LogP contribution is -2.43. The molecule has 0 aromatic rings. The molecule has 2 heterocycles. The molecule has 2 aliphatic heterocycles. The molecule has 0 N–H and O–H groups in total. The lowest BCUT2D eigenvalue weighted by atomic mass is 10.2. The molecule has 0 aliphatic carbocycles. The number of hydrogen-bond donors (Lipinski definition) is 0. The topological polar surface area (TPSA) is 93.2 Å². The van der Waals surface area contributed by atoms with Crippen molar-refractivity contribution in [3.63, 3.8) is 0 Å². The highest BCUT2D eigenvalue weighted by molar-refractivity contribution is 5.20. The van der Waals surface area contributed by atoms with Gasteiger partial charge >= 0.3 is 12.3 Å². The van der Waals surface area contributed by atoms with Crippen molar-refractivity contribution in [2.45, 2.75) is 52.0 Å². The van der Waals surface area contributed by atoms with Crippen molar-refractivity contribution in [1.82, 2.24) is 9.80 Å². The average molecular weight is 302 g/mol. The van der Waals surface area contributed by atoms with E-state index in [0.29, 0.717) is 24.3 Å². The van der Waals surface area contributed by atoms with Gasteiger partial charge in [0, 0.05) is 12.1 Å². The Hall–Kier alpha value is -1.40. The molecule has 2 saturated heterocycles. The van der Waals surface area contributed by atoms with E-state index in [4.69, 9.17) is 28.7 Å². The fourth-order valence-corrected chi connectivity index (χ4v) is 2.11. The summed E-state index contributed by atoms with van der Waals surface area (Å²) in [5.41, 5.74) is 0. The van der Waals surface area contributed by atoms with Crippen molar-refractivity contribution in [1.29, 1.82) is 0 Å². The molecule has 0 amide bonds. The van der Waals surface area contributed by atoms with Crippen LogP contribution in [0, 0.1) is 0 Å². The van der Waals surface area contributed by atoms with E-state index in [1.54, 1.807) is 0 Å². The van der Waals surface area contributed by atoms with Crippen molar-refractivity contribution in [3.8, 4) is 0 Å². The Morgan fingerprint density at radius 2 is 1.10 bits per heavy atom. The highest BCUT2D eigenvalue weighted by Gasteiger charge is 2.34. The Kier molecular flexibility index (Phi) is 9.65. The van der Waals surface area contributed by atoms with E-state index >= 15 is 0 Å². The molecular formula is C13H22N2O6. The van der Waals surface area contributed by atoms with Crippen molar-refractivity contribution >= 4 is 12.3 Å². The predicted molar refractivity (Wildman–Crippen MR) is 68.3 cm³/mol. The zero-order chi connectivity index (χ0) is 16.4. The molecule has 0 aromatic carbocycles. The second-order valence-corrected chi connectivity index (χ2v) is 4.97. The van der Waals surface area contributed by atoms with Crippen molar-refractivity contribution < 1.29 is 28.7 Å². The van der Waals surface area contributed by atoms with Crippen LogP contribution in [-0.4, -0.2) is 66.5 Å². The minimum Gasteiger partial charge on any atom is -0.361 e. The molecule has 8 heteroatoms. The minimum atomic E-state index is 0.250. The third-order valence-corrected chi connectivity index (χ3v) is 3.88. The quantitative estimate of drug-likeness (QED) is 0.698. The number of carbonyl (C=O) groups excluding carboxylic acids is 4. The van der Waals surface area contributed by atoms with Crippen molar-refractivity contribution in [3.05, 3.63) is 0 Å². The SMILES string of the molecule is C[C@@H]1[C@@H](C)OCN1CN1CO[C@H](C)[C@H]1C.O=C=O.O=C=O. The molecule has 2 aliphatic rings. The molecule has 0 aromatic heterocycles. The van der Waals surface area contributed by atoms with Crippen LogP contribution in [-0.2, 0) is 28.7 Å². The highest BCUT2D eigenvalue weighted by Crippen LogP contribution is 2.21. The van der Waals surface area contributed by atoms with Crippen LogP contribution in [0.1, 0.15) is 27.7 Å². The maximum absolute atomic E-state index is 8.12. The number of hydrogen-bond acceptors (Lipinski definition) is 8. The maximum Gasteiger partial charge on any atom is 0.373 e. The lowest BCUT2D eigenvalue weighted by Gasteiger charge is -2.28. The van der Waals surface area contributed by atoms with Gasteiger partial charge in [0.1, 0.15) is 13.5 Å². The van der Waals surface area contributed by atoms with Crippen LogP contribution in [0.3, 0.4) is 0 Å². The molecule has 21 heavy (non-hydrogen) atoms. The normalized spacial score (nSPS) is 32.2. The van der Waals surface area contributed by atoms with Gasteiger partial charge in [-0.3, -0.25) is 9.80 Å². The van der Waals surface area contributed by atoms with Gasteiger partial charge in [-0.1, -0.05) is 0 Å². The average Bonchev–Trinajstić information content (AvgIpc) is 2.91. The summed E-state index contributed by atoms with van der Waals surface area (Å²) in [7, 11) is 0. The molecule has 8 nitrogen and oxygen atoms in total. The first kappa shape index (κ1) is 19.6. The Labute approximate surface area is 124 Å². The van der Waals surface area contributed by atoms with Gasteiger partial charge in [0.15, 0.2) is 0 Å². The largest absolute Gasteiger partial charge is 0.373 e. The summed E-state index contributed by atoms with van der Waals surface area (Å²) in [6.07, 6.45) is 1.20. The summed E-state index contributed by atoms with van der Waals surface area (Å²) < 4.78 is 11.2. The molecule has 0 bridgehead atoms. The van der Waals surface area contributed by atoms with E-state index in [2.05, 4.69) is 37.5 Å². The second-order valence-electron chi connectivity index (χ2n) is 4.97. The van der Waals surface area contributed by atoms with Crippen molar-refractivity contribution in [2.75, 3.05) is 20.1 Å². The van der Waals surface area contributed by atoms with E-state index in [-0.39, 0.29) is 12.3 Å². The van der Waals surface area contributed by atoms with Gasteiger partial charge in [-0.2, -0.15) is 19.2 Å². The minimum absolute atomic E-state index is 0.250. The molecule has 2 fully saturated rings. The predicted octanol–water partition coefficient (Wildman–Crippen LogP) is -0.0897. The Bertz CT molecular complexity index is 332. The molecular weight excluding hydrogens is 280 g/mol. The first-order valence-corrected chi connectivity index (χ1v) is 6.62. The van der Waals surface area contributed by atoms with E-state index in [0.717, 1.165) is 20.1 Å². The van der Waals surface area contributed by atoms with E-state index < -0.39 is 0 Å². The molecule has 0 spiro atoms. The third-order valence-electron chi connectivity index (χ3n) is 3.88. The van der Waals surface area contributed by atoms with Gasteiger partial charge in [0.05, 0.1) is 18.9 Å². The smallest absolute Gasteiger partial charge is 0.361 e. The van der Waals surface area contributed by atoms with E-state index in [1.165, 1.54) is 0 Å². The second kappa shape index (κ2) is 10.3. The Balaban J connectivity index is 0.000000578. The van der Waals surface area contributed by atoms with Crippen LogP contribution in [0.15, 0.2) is 0 Å². The van der Waals surface area contributed by atoms with E-state index in [1.807, 2.05) is 0 Å². The zero-order valence-corrected chi connectivity index (χ0v) is 12.8. The number of ether oxygens (including phenoxy) is 2. The summed E-state index contributed by atoms with van der Waals surface area (Å²) >= 11 is 0. The van der Waals surface area contributed by atoms with Gasteiger partial charge in [-0.15, -0.1) is 0 Å². The Morgan fingerprint density at radius 1 is 0.810 bits per heavy atom. The van der Waals surface area contributed by atoms with Crippen LogP contribution in [0.4, 0.5) is 0 Å². The van der Waals surface area contributed by atoms with Crippen LogP contribution in [0.2, 0.25) is 0 Å². The van der Waals surface area contributed by atoms with Gasteiger partial charge in [0.2, 0.25) is 0 Å². The number of nitrogens with zero attached hydrogens (tertiary/aromatic N) is 2. The van der Waals surface area contributed by atoms with Crippen LogP contribution in [0.5, 0.6) is 0 Å². The van der Waals surface area contributed by atoms with Gasteiger partial charge in [-0.25, -0.2) is 0 Å². The first-order valence-electron chi connectivity index (χ1n) is 6.62. The summed E-state index contributed by atoms with van der Waals surface area (Å²) in [4.78, 5) is 37.2. The third kappa shape index (κ3) is 6.27. The standard InChI is InChI=1S/C11H22N2O2.2CO2/c1-8-10(3)14-6-12(8)5-13-7-15-11(4)9(13)2;2*2-1-3/h8-11H,5-7H2,1-4H3;;/t8-,9-,10-,11-;;/m1../s1.